The molecule has 0 atom stereocenters. The third-order valence-electron chi connectivity index (χ3n) is 1.75. The number of hydrogen-bond acceptors (Lipinski definition) is 5. The van der Waals surface area contributed by atoms with Gasteiger partial charge < -0.3 is 5.73 Å². The van der Waals surface area contributed by atoms with Crippen molar-refractivity contribution in [1.82, 2.24) is 9.55 Å². The number of nitrogens with two attached hydrogens (primary N) is 1. The molecule has 0 aliphatic rings. The van der Waals surface area contributed by atoms with Crippen LogP contribution in [-0.4, -0.2) is 9.55 Å². The molecule has 1 aromatic heterocycles. The van der Waals surface area contributed by atoms with Crippen molar-refractivity contribution in [2.24, 2.45) is 5.18 Å². The van der Waals surface area contributed by atoms with Crippen LogP contribution in [-0.2, 0) is 6.54 Å². The van der Waals surface area contributed by atoms with Gasteiger partial charge in [0.25, 0.3) is 5.56 Å². The SMILES string of the molecule is CCCn1c(N)c(N=O)c(=O)[nH]c1=O. The Morgan fingerprint density at radius 2 is 2.14 bits per heavy atom. The minimum atomic E-state index is -0.852. The van der Waals surface area contributed by atoms with Gasteiger partial charge in [0.05, 0.1) is 0 Å². The van der Waals surface area contributed by atoms with Gasteiger partial charge in [0, 0.05) is 6.54 Å². The van der Waals surface area contributed by atoms with Gasteiger partial charge in [-0.1, -0.05) is 6.92 Å². The predicted molar refractivity (Wildman–Crippen MR) is 51.5 cm³/mol. The first-order valence-electron chi connectivity index (χ1n) is 4.07. The first-order valence-corrected chi connectivity index (χ1v) is 4.07. The average Bonchev–Trinajstić information content (AvgIpc) is 2.12. The minimum Gasteiger partial charge on any atom is -0.383 e. The topological polar surface area (TPSA) is 110 Å². The Kier molecular flexibility index (Phi) is 2.80. The molecule has 3 N–H and O–H groups in total. The molecule has 7 nitrogen and oxygen atoms in total. The molecule has 0 aliphatic carbocycles. The van der Waals surface area contributed by atoms with Gasteiger partial charge >= 0.3 is 5.69 Å². The Balaban J connectivity index is 3.52. The van der Waals surface area contributed by atoms with Gasteiger partial charge in [0.2, 0.25) is 5.69 Å². The molecule has 0 bridgehead atoms. The van der Waals surface area contributed by atoms with Crippen LogP contribution in [0.2, 0.25) is 0 Å². The number of rotatable bonds is 3. The summed E-state index contributed by atoms with van der Waals surface area (Å²) in [4.78, 5) is 34.4. The van der Waals surface area contributed by atoms with Crippen molar-refractivity contribution in [3.8, 4) is 0 Å². The summed E-state index contributed by atoms with van der Waals surface area (Å²) in [6, 6.07) is 0. The predicted octanol–water partition coefficient (Wildman–Crippen LogP) is -0.0733. The van der Waals surface area contributed by atoms with Crippen molar-refractivity contribution in [3.05, 3.63) is 25.7 Å². The quantitative estimate of drug-likeness (QED) is 0.662. The van der Waals surface area contributed by atoms with Gasteiger partial charge in [-0.3, -0.25) is 14.3 Å². The minimum absolute atomic E-state index is 0.185. The van der Waals surface area contributed by atoms with Crippen molar-refractivity contribution in [2.45, 2.75) is 19.9 Å². The zero-order valence-electron chi connectivity index (χ0n) is 7.61. The number of aromatic nitrogens is 2. The zero-order valence-corrected chi connectivity index (χ0v) is 7.61. The van der Waals surface area contributed by atoms with Crippen LogP contribution in [0.3, 0.4) is 0 Å². The van der Waals surface area contributed by atoms with Gasteiger partial charge in [0.15, 0.2) is 0 Å². The van der Waals surface area contributed by atoms with E-state index in [2.05, 4.69) is 5.18 Å². The fourth-order valence-electron chi connectivity index (χ4n) is 1.11. The van der Waals surface area contributed by atoms with Crippen molar-refractivity contribution < 1.29 is 0 Å². The van der Waals surface area contributed by atoms with Crippen LogP contribution in [0.1, 0.15) is 13.3 Å². The molecule has 0 radical (unpaired) electrons. The standard InChI is InChI=1S/C7H10N4O3/c1-2-3-11-5(8)4(10-14)6(12)9-7(11)13/h2-3,8H2,1H3,(H,9,12,13). The lowest BCUT2D eigenvalue weighted by molar-refractivity contribution is 0.642. The Labute approximate surface area is 78.5 Å². The fraction of sp³-hybridized carbons (Fsp3) is 0.429. The average molecular weight is 198 g/mol. The van der Waals surface area contributed by atoms with Crippen molar-refractivity contribution in [2.75, 3.05) is 5.73 Å². The molecule has 14 heavy (non-hydrogen) atoms. The number of H-pyrrole nitrogens is 1. The van der Waals surface area contributed by atoms with E-state index in [1.807, 2.05) is 11.9 Å². The summed E-state index contributed by atoms with van der Waals surface area (Å²) in [5.41, 5.74) is 3.51. The first-order chi connectivity index (χ1) is 6.61. The molecule has 0 unspecified atom stereocenters. The molecular weight excluding hydrogens is 188 g/mol. The third-order valence-corrected chi connectivity index (χ3v) is 1.75. The summed E-state index contributed by atoms with van der Waals surface area (Å²) in [6.07, 6.45) is 0.661. The molecule has 0 saturated heterocycles. The number of nitroso groups, excluding NO2 is 1. The van der Waals surface area contributed by atoms with Gasteiger partial charge in [-0.15, -0.1) is 4.91 Å². The highest BCUT2D eigenvalue weighted by Gasteiger charge is 2.11. The number of hydrogen-bond donors (Lipinski definition) is 2. The van der Waals surface area contributed by atoms with E-state index in [0.29, 0.717) is 13.0 Å². The lowest BCUT2D eigenvalue weighted by Gasteiger charge is -2.06. The van der Waals surface area contributed by atoms with Crippen LogP contribution >= 0.6 is 0 Å². The van der Waals surface area contributed by atoms with Crippen LogP contribution in [0.4, 0.5) is 11.5 Å². The van der Waals surface area contributed by atoms with E-state index in [4.69, 9.17) is 5.73 Å². The highest BCUT2D eigenvalue weighted by molar-refractivity contribution is 5.55. The Bertz CT molecular complexity index is 459. The second-order valence-electron chi connectivity index (χ2n) is 2.74. The van der Waals surface area contributed by atoms with Gasteiger partial charge in [-0.25, -0.2) is 4.79 Å². The number of anilines is 1. The van der Waals surface area contributed by atoms with Crippen LogP contribution < -0.4 is 17.0 Å². The second-order valence-corrected chi connectivity index (χ2v) is 2.74. The van der Waals surface area contributed by atoms with E-state index in [0.717, 1.165) is 4.57 Å². The molecule has 0 fully saturated rings. The van der Waals surface area contributed by atoms with Crippen LogP contribution in [0, 0.1) is 4.91 Å². The normalized spacial score (nSPS) is 10.1. The van der Waals surface area contributed by atoms with E-state index < -0.39 is 16.9 Å². The monoisotopic (exact) mass is 198 g/mol. The van der Waals surface area contributed by atoms with E-state index >= 15 is 0 Å². The number of nitrogen functional groups attached to an aromatic ring is 1. The van der Waals surface area contributed by atoms with Crippen LogP contribution in [0.15, 0.2) is 14.8 Å². The van der Waals surface area contributed by atoms with Crippen LogP contribution in [0.25, 0.3) is 0 Å². The molecule has 76 valence electrons. The summed E-state index contributed by atoms with van der Waals surface area (Å²) >= 11 is 0. The van der Waals surface area contributed by atoms with Crippen molar-refractivity contribution in [1.29, 1.82) is 0 Å². The molecule has 1 heterocycles. The van der Waals surface area contributed by atoms with Gasteiger partial charge in [-0.05, 0) is 11.6 Å². The van der Waals surface area contributed by atoms with Gasteiger partial charge in [-0.2, -0.15) is 0 Å². The number of nitrogens with zero attached hydrogens (tertiary/aromatic N) is 2. The smallest absolute Gasteiger partial charge is 0.330 e. The summed E-state index contributed by atoms with van der Waals surface area (Å²) in [5, 5.41) is 2.48. The van der Waals surface area contributed by atoms with E-state index in [1.54, 1.807) is 0 Å². The summed E-state index contributed by atoms with van der Waals surface area (Å²) in [7, 11) is 0. The van der Waals surface area contributed by atoms with E-state index in [1.165, 1.54) is 0 Å². The summed E-state index contributed by atoms with van der Waals surface area (Å²) < 4.78 is 1.11. The molecule has 7 heteroatoms. The molecular formula is C7H10N4O3. The summed E-state index contributed by atoms with van der Waals surface area (Å²) in [6.45, 7) is 2.18. The van der Waals surface area contributed by atoms with Gasteiger partial charge in [0.1, 0.15) is 5.82 Å². The molecule has 1 aromatic rings. The number of nitrogens with one attached hydrogen (secondary N) is 1. The first kappa shape index (κ1) is 10.2. The Hall–Kier alpha value is -1.92. The van der Waals surface area contributed by atoms with Crippen molar-refractivity contribution in [3.63, 3.8) is 0 Å². The maximum atomic E-state index is 11.2. The summed E-state index contributed by atoms with van der Waals surface area (Å²) in [5.74, 6) is -0.185. The van der Waals surface area contributed by atoms with E-state index in [9.17, 15) is 14.5 Å². The molecule has 0 saturated carbocycles. The molecule has 0 aromatic carbocycles. The maximum Gasteiger partial charge on any atom is 0.330 e. The lowest BCUT2D eigenvalue weighted by atomic mass is 10.4. The molecule has 0 aliphatic heterocycles. The molecule has 1 rings (SSSR count). The maximum absolute atomic E-state index is 11.2. The lowest BCUT2D eigenvalue weighted by Crippen LogP contribution is -2.31. The molecule has 0 amide bonds. The second kappa shape index (κ2) is 3.86. The zero-order chi connectivity index (χ0) is 10.7. The molecule has 0 spiro atoms. The number of aromatic amines is 1. The van der Waals surface area contributed by atoms with Crippen molar-refractivity contribution >= 4 is 11.5 Å². The van der Waals surface area contributed by atoms with E-state index in [-0.39, 0.29) is 5.82 Å². The van der Waals surface area contributed by atoms with Crippen LogP contribution in [0.5, 0.6) is 0 Å². The highest BCUT2D eigenvalue weighted by atomic mass is 16.3. The Morgan fingerprint density at radius 1 is 1.50 bits per heavy atom. The third kappa shape index (κ3) is 1.56. The highest BCUT2D eigenvalue weighted by Crippen LogP contribution is 2.12. The largest absolute Gasteiger partial charge is 0.383 e. The Morgan fingerprint density at radius 3 is 2.64 bits per heavy atom. The fourth-order valence-corrected chi connectivity index (χ4v) is 1.11.